The molecule has 1 aliphatic carbocycles. The fourth-order valence-electron chi connectivity index (χ4n) is 8.51. The van der Waals surface area contributed by atoms with Gasteiger partial charge in [0.1, 0.15) is 6.54 Å². The molecule has 0 amide bonds. The van der Waals surface area contributed by atoms with Crippen molar-refractivity contribution < 1.29 is 4.58 Å². The zero-order chi connectivity index (χ0) is 35.7. The van der Waals surface area contributed by atoms with Crippen LogP contribution in [0.25, 0.3) is 0 Å². The third-order valence-corrected chi connectivity index (χ3v) is 11.5. The summed E-state index contributed by atoms with van der Waals surface area (Å²) >= 11 is 0. The van der Waals surface area contributed by atoms with Crippen LogP contribution in [0, 0.1) is 5.92 Å². The Morgan fingerprint density at radius 3 is 2.24 bits per heavy atom. The molecule has 0 saturated carbocycles. The SMILES string of the molecule is CC(C)CCCCCC[N+]1=C(/C=C/C2=CC(=C/C=C3/N(CCCCCCN(C)C)c4ccccc4C3(C)C)/CCC2)C(C)(C)c2ccccc21. The molecule has 3 aliphatic rings. The minimum atomic E-state index is -0.00270. The predicted octanol–water partition coefficient (Wildman–Crippen LogP) is 12.1. The summed E-state index contributed by atoms with van der Waals surface area (Å²) in [6.07, 6.45) is 27.5. The van der Waals surface area contributed by atoms with E-state index in [-0.39, 0.29) is 10.8 Å². The topological polar surface area (TPSA) is 9.49 Å². The Balaban J connectivity index is 1.33. The minimum Gasteiger partial charge on any atom is -0.344 e. The summed E-state index contributed by atoms with van der Waals surface area (Å²) in [7, 11) is 4.35. The molecule has 0 aromatic heterocycles. The lowest BCUT2D eigenvalue weighted by Crippen LogP contribution is -2.28. The second-order valence-electron chi connectivity index (χ2n) is 17.0. The summed E-state index contributed by atoms with van der Waals surface area (Å²) < 4.78 is 2.63. The van der Waals surface area contributed by atoms with Crippen LogP contribution in [0.4, 0.5) is 11.4 Å². The van der Waals surface area contributed by atoms with E-state index in [2.05, 4.69) is 149 Å². The Bertz CT molecular complexity index is 1590. The van der Waals surface area contributed by atoms with E-state index in [9.17, 15) is 0 Å². The van der Waals surface area contributed by atoms with Crippen LogP contribution in [0.5, 0.6) is 0 Å². The first-order chi connectivity index (χ1) is 24.0. The van der Waals surface area contributed by atoms with Gasteiger partial charge in [0.2, 0.25) is 5.69 Å². The van der Waals surface area contributed by atoms with Crippen LogP contribution in [-0.2, 0) is 10.8 Å². The van der Waals surface area contributed by atoms with Gasteiger partial charge in [-0.05, 0) is 108 Å². The molecule has 0 fully saturated rings. The van der Waals surface area contributed by atoms with Crippen LogP contribution < -0.4 is 4.90 Å². The molecule has 0 atom stereocenters. The van der Waals surface area contributed by atoms with E-state index in [1.807, 2.05) is 0 Å². The van der Waals surface area contributed by atoms with Crippen molar-refractivity contribution in [2.24, 2.45) is 5.92 Å². The summed E-state index contributed by atoms with van der Waals surface area (Å²) in [6, 6.07) is 18.2. The summed E-state index contributed by atoms with van der Waals surface area (Å²) in [5.74, 6) is 0.812. The number of fused-ring (bicyclic) bond motifs is 2. The van der Waals surface area contributed by atoms with Gasteiger partial charge in [0, 0.05) is 47.5 Å². The van der Waals surface area contributed by atoms with Gasteiger partial charge >= 0.3 is 0 Å². The van der Waals surface area contributed by atoms with Crippen molar-refractivity contribution in [3.8, 4) is 0 Å². The van der Waals surface area contributed by atoms with Gasteiger partial charge in [0.05, 0.1) is 5.41 Å². The van der Waals surface area contributed by atoms with Gasteiger partial charge in [-0.15, -0.1) is 0 Å². The molecule has 270 valence electrons. The van der Waals surface area contributed by atoms with Gasteiger partial charge in [0.15, 0.2) is 5.71 Å². The molecule has 0 bridgehead atoms. The molecular weight excluding hydrogens is 607 g/mol. The highest BCUT2D eigenvalue weighted by atomic mass is 15.2. The Kier molecular flexibility index (Phi) is 13.2. The number of allylic oxidation sites excluding steroid dienone is 8. The molecule has 3 nitrogen and oxygen atoms in total. The second kappa shape index (κ2) is 17.4. The zero-order valence-electron chi connectivity index (χ0n) is 33.0. The van der Waals surface area contributed by atoms with Crippen LogP contribution in [0.2, 0.25) is 0 Å². The number of benzene rings is 2. The van der Waals surface area contributed by atoms with E-state index in [0.717, 1.165) is 31.8 Å². The van der Waals surface area contributed by atoms with E-state index in [4.69, 9.17) is 0 Å². The van der Waals surface area contributed by atoms with Gasteiger partial charge < -0.3 is 9.80 Å². The number of hydrogen-bond donors (Lipinski definition) is 0. The van der Waals surface area contributed by atoms with Gasteiger partial charge in [0.25, 0.3) is 0 Å². The third kappa shape index (κ3) is 9.19. The highest BCUT2D eigenvalue weighted by Crippen LogP contribution is 2.48. The van der Waals surface area contributed by atoms with E-state index in [1.54, 1.807) is 0 Å². The van der Waals surface area contributed by atoms with Crippen molar-refractivity contribution in [2.75, 3.05) is 38.6 Å². The zero-order valence-corrected chi connectivity index (χ0v) is 33.0. The molecule has 0 radical (unpaired) electrons. The predicted molar refractivity (Wildman–Crippen MR) is 218 cm³/mol. The lowest BCUT2D eigenvalue weighted by atomic mass is 9.81. The minimum absolute atomic E-state index is 0.00191. The number of anilines is 1. The lowest BCUT2D eigenvalue weighted by molar-refractivity contribution is -0.438. The first-order valence-electron chi connectivity index (χ1n) is 20.1. The molecule has 2 aliphatic heterocycles. The van der Waals surface area contributed by atoms with E-state index in [0.29, 0.717) is 0 Å². The van der Waals surface area contributed by atoms with Gasteiger partial charge in [-0.1, -0.05) is 114 Å². The Hall–Kier alpha value is -3.17. The number of rotatable bonds is 17. The fourth-order valence-corrected chi connectivity index (χ4v) is 8.51. The summed E-state index contributed by atoms with van der Waals surface area (Å²) in [4.78, 5) is 4.93. The molecule has 5 rings (SSSR count). The quantitative estimate of drug-likeness (QED) is 0.122. The van der Waals surface area contributed by atoms with Crippen molar-refractivity contribution in [1.29, 1.82) is 0 Å². The molecular formula is C47H68N3+. The largest absolute Gasteiger partial charge is 0.344 e. The Labute approximate surface area is 306 Å². The van der Waals surface area contributed by atoms with E-state index < -0.39 is 0 Å². The molecule has 0 saturated heterocycles. The monoisotopic (exact) mass is 675 g/mol. The summed E-state index contributed by atoms with van der Waals surface area (Å²) in [5, 5.41) is 0. The number of unbranched alkanes of at least 4 members (excludes halogenated alkanes) is 6. The van der Waals surface area contributed by atoms with Gasteiger partial charge in [-0.3, -0.25) is 0 Å². The lowest BCUT2D eigenvalue weighted by Gasteiger charge is -2.27. The smallest absolute Gasteiger partial charge is 0.209 e. The Morgan fingerprint density at radius 1 is 0.760 bits per heavy atom. The average molecular weight is 675 g/mol. The van der Waals surface area contributed by atoms with Crippen molar-refractivity contribution >= 4 is 17.1 Å². The van der Waals surface area contributed by atoms with E-state index in [1.165, 1.54) is 116 Å². The first-order valence-corrected chi connectivity index (χ1v) is 20.1. The van der Waals surface area contributed by atoms with Crippen LogP contribution >= 0.6 is 0 Å². The molecule has 0 N–H and O–H groups in total. The molecule has 50 heavy (non-hydrogen) atoms. The first kappa shape index (κ1) is 38.1. The van der Waals surface area contributed by atoms with Crippen molar-refractivity contribution in [1.82, 2.24) is 4.90 Å². The fraction of sp³-hybridized carbons (Fsp3) is 0.553. The number of nitrogens with zero attached hydrogens (tertiary/aromatic N) is 3. The standard InChI is InChI=1S/C47H68N3/c1-37(2)22-13-9-10-19-34-49-42-27-16-14-25-40(42)46(3,4)44(49)31-29-38-23-21-24-39(36-38)30-32-45-47(5,6)41-26-15-17-28-43(41)50(45)35-20-12-11-18-33-48(7)8/h14-17,25-32,36-37H,9-13,18-24,33-35H2,1-8H3/q+1. The van der Waals surface area contributed by atoms with Gasteiger partial charge in [-0.2, -0.15) is 4.58 Å². The highest BCUT2D eigenvalue weighted by Gasteiger charge is 2.44. The molecule has 2 heterocycles. The number of para-hydroxylation sites is 2. The third-order valence-electron chi connectivity index (χ3n) is 11.5. The van der Waals surface area contributed by atoms with Crippen molar-refractivity contribution in [3.63, 3.8) is 0 Å². The van der Waals surface area contributed by atoms with Crippen LogP contribution in [-0.4, -0.2) is 48.9 Å². The highest BCUT2D eigenvalue weighted by molar-refractivity contribution is 6.03. The normalized spacial score (nSPS) is 19.8. The maximum absolute atomic E-state index is 2.63. The van der Waals surface area contributed by atoms with Gasteiger partial charge in [-0.25, -0.2) is 0 Å². The van der Waals surface area contributed by atoms with E-state index >= 15 is 0 Å². The molecule has 2 aromatic rings. The second-order valence-corrected chi connectivity index (χ2v) is 17.0. The van der Waals surface area contributed by atoms with Crippen LogP contribution in [0.1, 0.15) is 130 Å². The number of hydrogen-bond acceptors (Lipinski definition) is 2. The molecule has 0 spiro atoms. The van der Waals surface area contributed by atoms with Crippen molar-refractivity contribution in [2.45, 2.75) is 129 Å². The van der Waals surface area contributed by atoms with Crippen molar-refractivity contribution in [3.05, 3.63) is 107 Å². The molecule has 3 heteroatoms. The maximum Gasteiger partial charge on any atom is 0.209 e. The maximum atomic E-state index is 2.63. The van der Waals surface area contributed by atoms with Crippen LogP contribution in [0.15, 0.2) is 95.8 Å². The summed E-state index contributed by atoms with van der Waals surface area (Å²) in [6.45, 7) is 17.7. The summed E-state index contributed by atoms with van der Waals surface area (Å²) in [5.41, 5.74) is 11.5. The average Bonchev–Trinajstić information content (AvgIpc) is 3.44. The molecule has 0 unspecified atom stereocenters. The molecule has 2 aromatic carbocycles. The Morgan fingerprint density at radius 2 is 1.46 bits per heavy atom. The van der Waals surface area contributed by atoms with Crippen LogP contribution in [0.3, 0.4) is 0 Å².